The van der Waals surface area contributed by atoms with Crippen molar-refractivity contribution in [1.82, 2.24) is 9.38 Å². The van der Waals surface area contributed by atoms with Gasteiger partial charge >= 0.3 is 0 Å². The fraction of sp³-hybridized carbons (Fsp3) is 0.333. The summed E-state index contributed by atoms with van der Waals surface area (Å²) in [5.41, 5.74) is 1.78. The van der Waals surface area contributed by atoms with E-state index in [-0.39, 0.29) is 23.9 Å². The molecule has 1 aromatic carbocycles. The van der Waals surface area contributed by atoms with Crippen LogP contribution in [0.1, 0.15) is 25.6 Å². The minimum atomic E-state index is -0.940. The van der Waals surface area contributed by atoms with Crippen LogP contribution in [0.4, 0.5) is 14.5 Å². The summed E-state index contributed by atoms with van der Waals surface area (Å²) in [5.74, 6) is -1.07. The third kappa shape index (κ3) is 4.89. The molecule has 3 heterocycles. The second-order valence-electron chi connectivity index (χ2n) is 6.78. The summed E-state index contributed by atoms with van der Waals surface area (Å²) >= 11 is 0. The molecule has 8 heteroatoms. The third-order valence-electron chi connectivity index (χ3n) is 4.64. The van der Waals surface area contributed by atoms with Crippen molar-refractivity contribution in [2.75, 3.05) is 12.4 Å². The van der Waals surface area contributed by atoms with Crippen molar-refractivity contribution in [1.29, 1.82) is 0 Å². The zero-order valence-electron chi connectivity index (χ0n) is 16.5. The summed E-state index contributed by atoms with van der Waals surface area (Å²) in [5, 5.41) is 2.90. The van der Waals surface area contributed by atoms with Crippen LogP contribution in [-0.4, -0.2) is 34.6 Å². The Morgan fingerprint density at radius 1 is 1.28 bits per heavy atom. The average Bonchev–Trinajstić information content (AvgIpc) is 3.31. The van der Waals surface area contributed by atoms with Gasteiger partial charge in [0.1, 0.15) is 11.9 Å². The lowest BCUT2D eigenvalue weighted by Crippen LogP contribution is -2.27. The summed E-state index contributed by atoms with van der Waals surface area (Å²) in [6.45, 7) is 3.93. The fourth-order valence-electron chi connectivity index (χ4n) is 3.05. The number of carbonyl (C=O) groups excluding carboxylic acids is 1. The third-order valence-corrected chi connectivity index (χ3v) is 4.64. The van der Waals surface area contributed by atoms with E-state index < -0.39 is 11.6 Å². The van der Waals surface area contributed by atoms with Crippen molar-refractivity contribution in [3.8, 4) is 5.75 Å². The topological polar surface area (TPSA) is 64.9 Å². The number of aromatic nitrogens is 2. The molecule has 0 aliphatic carbocycles. The van der Waals surface area contributed by atoms with Crippen LogP contribution in [0.2, 0.25) is 0 Å². The van der Waals surface area contributed by atoms with Crippen molar-refractivity contribution in [2.24, 2.45) is 0 Å². The highest BCUT2D eigenvalue weighted by Gasteiger charge is 2.28. The predicted octanol–water partition coefficient (Wildman–Crippen LogP) is 4.12. The Morgan fingerprint density at radius 3 is 2.72 bits per heavy atom. The number of carbonyl (C=O) groups is 1. The number of benzene rings is 1. The summed E-state index contributed by atoms with van der Waals surface area (Å²) in [6, 6.07) is 7.61. The molecule has 2 atom stereocenters. The maximum Gasteiger partial charge on any atom is 0.253 e. The standard InChI is InChI=1S/C14H17N3O2.C7H6F2O/c1-9-3-6-13(19-9)14(18)16-11-4-5-12-7-15-10(2)17(12)8-11;1-10-6-4-2-3-5(8)7(6)9/h4-5,7-9,13H,3,6H2,1-2H3,(H,16,18);2-4H,1H3. The molecule has 1 amide bonds. The van der Waals surface area contributed by atoms with Crippen LogP contribution in [0.25, 0.3) is 5.52 Å². The van der Waals surface area contributed by atoms with Gasteiger partial charge < -0.3 is 19.2 Å². The van der Waals surface area contributed by atoms with Crippen molar-refractivity contribution in [2.45, 2.75) is 38.9 Å². The Hall–Kier alpha value is -3.00. The lowest BCUT2D eigenvalue weighted by molar-refractivity contribution is -0.126. The number of rotatable bonds is 3. The summed E-state index contributed by atoms with van der Waals surface area (Å²) in [4.78, 5) is 16.3. The van der Waals surface area contributed by atoms with E-state index in [0.717, 1.165) is 35.9 Å². The van der Waals surface area contributed by atoms with Gasteiger partial charge in [0, 0.05) is 6.20 Å². The molecule has 1 saturated heterocycles. The molecule has 2 unspecified atom stereocenters. The van der Waals surface area contributed by atoms with Crippen molar-refractivity contribution in [3.05, 3.63) is 60.2 Å². The van der Waals surface area contributed by atoms with Crippen LogP contribution in [0.5, 0.6) is 5.75 Å². The van der Waals surface area contributed by atoms with E-state index in [0.29, 0.717) is 0 Å². The molecule has 0 bridgehead atoms. The lowest BCUT2D eigenvalue weighted by atomic mass is 10.2. The minimum absolute atomic E-state index is 0.0681. The quantitative estimate of drug-likeness (QED) is 0.715. The van der Waals surface area contributed by atoms with Gasteiger partial charge in [-0.05, 0) is 51.0 Å². The van der Waals surface area contributed by atoms with Crippen molar-refractivity contribution < 1.29 is 23.0 Å². The number of amides is 1. The van der Waals surface area contributed by atoms with E-state index in [2.05, 4.69) is 15.0 Å². The van der Waals surface area contributed by atoms with Gasteiger partial charge in [-0.1, -0.05) is 6.07 Å². The first-order valence-corrected chi connectivity index (χ1v) is 9.27. The van der Waals surface area contributed by atoms with Crippen LogP contribution in [0, 0.1) is 18.6 Å². The Bertz CT molecular complexity index is 1010. The van der Waals surface area contributed by atoms with Gasteiger partial charge in [-0.15, -0.1) is 0 Å². The molecule has 0 spiro atoms. The molecule has 1 aliphatic heterocycles. The number of halogens is 2. The molecular formula is C21H23F2N3O3. The predicted molar refractivity (Wildman–Crippen MR) is 105 cm³/mol. The molecule has 0 saturated carbocycles. The Morgan fingerprint density at radius 2 is 2.07 bits per heavy atom. The SMILES string of the molecule is COc1cccc(F)c1F.Cc1ncc2ccc(NC(=O)C3CCC(C)O3)cn12. The number of nitrogens with one attached hydrogen (secondary N) is 1. The molecule has 3 aromatic rings. The Labute approximate surface area is 167 Å². The highest BCUT2D eigenvalue weighted by molar-refractivity contribution is 5.94. The van der Waals surface area contributed by atoms with Crippen LogP contribution in [0.3, 0.4) is 0 Å². The maximum atomic E-state index is 12.5. The van der Waals surface area contributed by atoms with E-state index >= 15 is 0 Å². The molecular weight excluding hydrogens is 380 g/mol. The first kappa shape index (κ1) is 20.7. The number of nitrogens with zero attached hydrogens (tertiary/aromatic N) is 2. The smallest absolute Gasteiger partial charge is 0.253 e. The van der Waals surface area contributed by atoms with Gasteiger partial charge in [0.15, 0.2) is 11.6 Å². The summed E-state index contributed by atoms with van der Waals surface area (Å²) in [6.07, 6.45) is 5.27. The van der Waals surface area contributed by atoms with E-state index in [1.807, 2.05) is 42.8 Å². The van der Waals surface area contributed by atoms with Crippen LogP contribution >= 0.6 is 0 Å². The van der Waals surface area contributed by atoms with Crippen LogP contribution < -0.4 is 10.1 Å². The molecule has 6 nitrogen and oxygen atoms in total. The van der Waals surface area contributed by atoms with Gasteiger partial charge in [-0.2, -0.15) is 4.39 Å². The first-order chi connectivity index (χ1) is 13.9. The summed E-state index contributed by atoms with van der Waals surface area (Å²) < 4.78 is 36.8. The van der Waals surface area contributed by atoms with Gasteiger partial charge in [0.2, 0.25) is 5.82 Å². The second kappa shape index (κ2) is 9.00. The molecule has 4 rings (SSSR count). The number of methoxy groups -OCH3 is 1. The van der Waals surface area contributed by atoms with Crippen molar-refractivity contribution >= 4 is 17.1 Å². The number of pyridine rings is 1. The molecule has 29 heavy (non-hydrogen) atoms. The number of ether oxygens (including phenoxy) is 2. The fourth-order valence-corrected chi connectivity index (χ4v) is 3.05. The molecule has 1 N–H and O–H groups in total. The average molecular weight is 403 g/mol. The van der Waals surface area contributed by atoms with Crippen LogP contribution in [-0.2, 0) is 9.53 Å². The van der Waals surface area contributed by atoms with E-state index in [4.69, 9.17) is 4.74 Å². The van der Waals surface area contributed by atoms with Gasteiger partial charge in [-0.25, -0.2) is 9.37 Å². The highest BCUT2D eigenvalue weighted by Crippen LogP contribution is 2.21. The van der Waals surface area contributed by atoms with E-state index in [9.17, 15) is 13.6 Å². The van der Waals surface area contributed by atoms with Gasteiger partial charge in [0.25, 0.3) is 5.91 Å². The molecule has 1 aliphatic rings. The summed E-state index contributed by atoms with van der Waals surface area (Å²) in [7, 11) is 1.29. The van der Waals surface area contributed by atoms with Gasteiger partial charge in [0.05, 0.1) is 30.6 Å². The molecule has 2 aromatic heterocycles. The number of hydrogen-bond donors (Lipinski definition) is 1. The maximum absolute atomic E-state index is 12.5. The van der Waals surface area contributed by atoms with E-state index in [1.54, 1.807) is 0 Å². The largest absolute Gasteiger partial charge is 0.494 e. The second-order valence-corrected chi connectivity index (χ2v) is 6.78. The molecule has 0 radical (unpaired) electrons. The molecule has 1 fully saturated rings. The lowest BCUT2D eigenvalue weighted by Gasteiger charge is -2.12. The first-order valence-electron chi connectivity index (χ1n) is 9.27. The number of imidazole rings is 1. The van der Waals surface area contributed by atoms with Gasteiger partial charge in [-0.3, -0.25) is 4.79 Å². The normalized spacial score (nSPS) is 18.2. The Kier molecular flexibility index (Phi) is 6.43. The van der Waals surface area contributed by atoms with Crippen molar-refractivity contribution in [3.63, 3.8) is 0 Å². The number of anilines is 1. The number of aryl methyl sites for hydroxylation is 1. The monoisotopic (exact) mass is 403 g/mol. The van der Waals surface area contributed by atoms with E-state index in [1.165, 1.54) is 19.2 Å². The zero-order chi connectivity index (χ0) is 21.0. The number of hydrogen-bond acceptors (Lipinski definition) is 4. The number of fused-ring (bicyclic) bond motifs is 1. The minimum Gasteiger partial charge on any atom is -0.494 e. The Balaban J connectivity index is 0.000000204. The highest BCUT2D eigenvalue weighted by atomic mass is 19.2. The van der Waals surface area contributed by atoms with Crippen LogP contribution in [0.15, 0.2) is 42.7 Å². The zero-order valence-corrected chi connectivity index (χ0v) is 16.5. The molecule has 154 valence electrons.